The van der Waals surface area contributed by atoms with E-state index in [0.717, 1.165) is 17.8 Å². The lowest BCUT2D eigenvalue weighted by molar-refractivity contribution is 0.420. The molecule has 2 fully saturated rings. The molecule has 6 aromatic rings. The first-order chi connectivity index (χ1) is 24.3. The second-order valence-corrected chi connectivity index (χ2v) is 16.6. The molecule has 6 aromatic carbocycles. The van der Waals surface area contributed by atoms with Gasteiger partial charge >= 0.3 is 0 Å². The van der Waals surface area contributed by atoms with Crippen LogP contribution in [0.25, 0.3) is 33.4 Å². The molecule has 246 valence electrons. The summed E-state index contributed by atoms with van der Waals surface area (Å²) in [6.45, 7) is 9.58. The highest BCUT2D eigenvalue weighted by molar-refractivity contribution is 5.92. The van der Waals surface area contributed by atoms with Crippen molar-refractivity contribution in [3.05, 3.63) is 161 Å². The zero-order chi connectivity index (χ0) is 33.8. The Bertz CT molecular complexity index is 2290. The molecule has 0 aromatic heterocycles. The quantitative estimate of drug-likeness (QED) is 0.180. The van der Waals surface area contributed by atoms with Crippen molar-refractivity contribution in [1.29, 1.82) is 0 Å². The molecule has 50 heavy (non-hydrogen) atoms. The molecule has 1 heteroatoms. The van der Waals surface area contributed by atoms with E-state index in [4.69, 9.17) is 0 Å². The smallest absolute Gasteiger partial charge is 0.0465 e. The van der Waals surface area contributed by atoms with Crippen LogP contribution in [-0.4, -0.2) is 0 Å². The second kappa shape index (κ2) is 10.8. The number of anilines is 3. The van der Waals surface area contributed by atoms with Gasteiger partial charge in [-0.2, -0.15) is 0 Å². The van der Waals surface area contributed by atoms with Crippen molar-refractivity contribution < 1.29 is 0 Å². The normalized spacial score (nSPS) is 21.4. The molecule has 2 saturated carbocycles. The van der Waals surface area contributed by atoms with Crippen molar-refractivity contribution in [1.82, 2.24) is 0 Å². The highest BCUT2D eigenvalue weighted by Crippen LogP contribution is 2.56. The molecule has 3 unspecified atom stereocenters. The van der Waals surface area contributed by atoms with Crippen LogP contribution >= 0.6 is 0 Å². The first-order valence-electron chi connectivity index (χ1n) is 18.8. The van der Waals surface area contributed by atoms with E-state index in [1.54, 1.807) is 0 Å². The fourth-order valence-electron chi connectivity index (χ4n) is 10.7. The molecule has 0 heterocycles. The van der Waals surface area contributed by atoms with Crippen molar-refractivity contribution in [2.75, 3.05) is 4.90 Å². The molecule has 0 radical (unpaired) electrons. The topological polar surface area (TPSA) is 3.24 Å². The summed E-state index contributed by atoms with van der Waals surface area (Å²) in [7, 11) is 0. The van der Waals surface area contributed by atoms with Gasteiger partial charge in [-0.25, -0.2) is 0 Å². The number of para-hydroxylation sites is 1. The predicted molar refractivity (Wildman–Crippen MR) is 210 cm³/mol. The molecule has 1 nitrogen and oxygen atoms in total. The molecule has 0 spiro atoms. The van der Waals surface area contributed by atoms with E-state index in [1.165, 1.54) is 104 Å². The summed E-state index contributed by atoms with van der Waals surface area (Å²) in [4.78, 5) is 2.45. The summed E-state index contributed by atoms with van der Waals surface area (Å²) in [5, 5.41) is 0. The third-order valence-electron chi connectivity index (χ3n) is 13.1. The van der Waals surface area contributed by atoms with Gasteiger partial charge in [0.1, 0.15) is 0 Å². The van der Waals surface area contributed by atoms with E-state index in [2.05, 4.69) is 166 Å². The Hall–Kier alpha value is -4.88. The molecule has 0 saturated heterocycles. The molecular formula is C49H45N. The minimum atomic E-state index is -0.110. The van der Waals surface area contributed by atoms with Gasteiger partial charge in [0.05, 0.1) is 0 Å². The zero-order valence-electron chi connectivity index (χ0n) is 29.7. The Morgan fingerprint density at radius 2 is 1.16 bits per heavy atom. The van der Waals surface area contributed by atoms with E-state index < -0.39 is 0 Å². The van der Waals surface area contributed by atoms with E-state index in [1.807, 2.05) is 0 Å². The number of hydrogen-bond acceptors (Lipinski definition) is 1. The van der Waals surface area contributed by atoms with Crippen LogP contribution in [0.1, 0.15) is 87.1 Å². The second-order valence-electron chi connectivity index (χ2n) is 16.6. The van der Waals surface area contributed by atoms with Gasteiger partial charge < -0.3 is 4.90 Å². The number of hydrogen-bond donors (Lipinski definition) is 0. The molecule has 0 N–H and O–H groups in total. The number of nitrogens with zero attached hydrogens (tertiary/aromatic N) is 1. The lowest BCUT2D eigenvalue weighted by Crippen LogP contribution is -2.17. The van der Waals surface area contributed by atoms with E-state index in [0.29, 0.717) is 0 Å². The van der Waals surface area contributed by atoms with Crippen LogP contribution in [0.15, 0.2) is 133 Å². The minimum absolute atomic E-state index is 0.0521. The van der Waals surface area contributed by atoms with Gasteiger partial charge in [-0.15, -0.1) is 0 Å². The Labute approximate surface area is 297 Å². The van der Waals surface area contributed by atoms with Gasteiger partial charge in [0, 0.05) is 27.9 Å². The van der Waals surface area contributed by atoms with Gasteiger partial charge in [-0.05, 0) is 141 Å². The highest BCUT2D eigenvalue weighted by atomic mass is 15.1. The standard InChI is InChI=1S/C49H45N/c1-48(2)45-26-21-34(38-14-10-15-41-39-13-8-9-16-44(39)49(3,4)47(38)41)29-43(45)40-25-24-37(30-46(40)48)50(35-11-6-5-7-12-35)36-22-19-32(20-23-36)42-28-31-17-18-33(42)27-31/h5-16,19-26,29-31,33,42H,17-18,27-28H2,1-4H3. The molecule has 0 aliphatic heterocycles. The van der Waals surface area contributed by atoms with Crippen LogP contribution in [0.2, 0.25) is 0 Å². The van der Waals surface area contributed by atoms with Crippen LogP contribution in [0.3, 0.4) is 0 Å². The number of fused-ring (bicyclic) bond motifs is 8. The first-order valence-corrected chi connectivity index (χ1v) is 18.8. The highest BCUT2D eigenvalue weighted by Gasteiger charge is 2.41. The van der Waals surface area contributed by atoms with Gasteiger partial charge in [-0.1, -0.05) is 125 Å². The predicted octanol–water partition coefficient (Wildman–Crippen LogP) is 13.3. The third kappa shape index (κ3) is 4.32. The maximum absolute atomic E-state index is 2.47. The summed E-state index contributed by atoms with van der Waals surface area (Å²) in [6.07, 6.45) is 5.69. The molecular weight excluding hydrogens is 603 g/mol. The van der Waals surface area contributed by atoms with Crippen molar-refractivity contribution in [3.8, 4) is 33.4 Å². The zero-order valence-corrected chi connectivity index (χ0v) is 29.7. The van der Waals surface area contributed by atoms with Crippen molar-refractivity contribution in [2.24, 2.45) is 11.8 Å². The Kier molecular flexibility index (Phi) is 6.48. The van der Waals surface area contributed by atoms with Crippen molar-refractivity contribution in [2.45, 2.75) is 70.1 Å². The number of benzene rings is 6. The van der Waals surface area contributed by atoms with Crippen molar-refractivity contribution >= 4 is 17.1 Å². The number of rotatable bonds is 5. The summed E-state index contributed by atoms with van der Waals surface area (Å²) >= 11 is 0. The molecule has 3 atom stereocenters. The van der Waals surface area contributed by atoms with E-state index in [-0.39, 0.29) is 10.8 Å². The van der Waals surface area contributed by atoms with Crippen molar-refractivity contribution in [3.63, 3.8) is 0 Å². The van der Waals surface area contributed by atoms with Gasteiger partial charge in [-0.3, -0.25) is 0 Å². The van der Waals surface area contributed by atoms with Gasteiger partial charge in [0.25, 0.3) is 0 Å². The summed E-state index contributed by atoms with van der Waals surface area (Å²) in [5.41, 5.74) is 18.8. The summed E-state index contributed by atoms with van der Waals surface area (Å²) in [6, 6.07) is 50.8. The molecule has 10 rings (SSSR count). The Balaban J connectivity index is 1.05. The van der Waals surface area contributed by atoms with E-state index in [9.17, 15) is 0 Å². The Morgan fingerprint density at radius 3 is 1.94 bits per heavy atom. The van der Waals surface area contributed by atoms with Crippen LogP contribution in [0.5, 0.6) is 0 Å². The molecule has 4 aliphatic rings. The van der Waals surface area contributed by atoms with Crippen LogP contribution in [0.4, 0.5) is 17.1 Å². The molecule has 0 amide bonds. The maximum Gasteiger partial charge on any atom is 0.0465 e. The molecule has 2 bridgehead atoms. The summed E-state index contributed by atoms with van der Waals surface area (Å²) < 4.78 is 0. The Morgan fingerprint density at radius 1 is 0.480 bits per heavy atom. The largest absolute Gasteiger partial charge is 0.310 e. The lowest BCUT2D eigenvalue weighted by Gasteiger charge is -2.29. The monoisotopic (exact) mass is 647 g/mol. The maximum atomic E-state index is 2.47. The van der Waals surface area contributed by atoms with Gasteiger partial charge in [0.15, 0.2) is 0 Å². The SMILES string of the molecule is CC1(C)c2ccc(-c3cccc4c3C(C)(C)c3ccccc3-4)cc2-c2ccc(N(c3ccccc3)c3ccc(C4CC5CCC4C5)cc3)cc21. The minimum Gasteiger partial charge on any atom is -0.310 e. The van der Waals surface area contributed by atoms with Gasteiger partial charge in [0.2, 0.25) is 0 Å². The average Bonchev–Trinajstić information content (AvgIpc) is 3.89. The van der Waals surface area contributed by atoms with E-state index >= 15 is 0 Å². The molecule has 4 aliphatic carbocycles. The summed E-state index contributed by atoms with van der Waals surface area (Å²) in [5.74, 6) is 2.59. The average molecular weight is 648 g/mol. The fourth-order valence-corrected chi connectivity index (χ4v) is 10.7. The first kappa shape index (κ1) is 30.0. The third-order valence-corrected chi connectivity index (χ3v) is 13.1. The van der Waals surface area contributed by atoms with Crippen LogP contribution in [0, 0.1) is 11.8 Å². The van der Waals surface area contributed by atoms with Crippen LogP contribution < -0.4 is 4.90 Å². The fraction of sp³-hybridized carbons (Fsp3) is 0.265. The lowest BCUT2D eigenvalue weighted by atomic mass is 9.78. The van der Waals surface area contributed by atoms with Crippen LogP contribution in [-0.2, 0) is 10.8 Å².